The molecule has 0 amide bonds. The summed E-state index contributed by atoms with van der Waals surface area (Å²) in [5.41, 5.74) is 2.68. The van der Waals surface area contributed by atoms with Crippen LogP contribution in [0.25, 0.3) is 6.08 Å². The summed E-state index contributed by atoms with van der Waals surface area (Å²) >= 11 is 0. The number of allylic oxidation sites excluding steroid dienone is 1. The van der Waals surface area contributed by atoms with Gasteiger partial charge >= 0.3 is 0 Å². The van der Waals surface area contributed by atoms with Crippen LogP contribution in [0, 0.1) is 11.2 Å². The maximum absolute atomic E-state index is 13.9. The summed E-state index contributed by atoms with van der Waals surface area (Å²) in [6.07, 6.45) is 6.10. The van der Waals surface area contributed by atoms with Crippen LogP contribution in [-0.4, -0.2) is 11.9 Å². The van der Waals surface area contributed by atoms with Crippen LogP contribution >= 0.6 is 0 Å². The predicted octanol–water partition coefficient (Wildman–Crippen LogP) is 4.91. The lowest BCUT2D eigenvalue weighted by atomic mass is 9.90. The van der Waals surface area contributed by atoms with Gasteiger partial charge in [-0.25, -0.2) is 4.39 Å². The Morgan fingerprint density at radius 3 is 2.59 bits per heavy atom. The van der Waals surface area contributed by atoms with Gasteiger partial charge in [-0.2, -0.15) is 0 Å². The van der Waals surface area contributed by atoms with Crippen LogP contribution in [-0.2, 0) is 6.54 Å². The molecule has 0 atom stereocenters. The molecule has 120 valence electrons. The summed E-state index contributed by atoms with van der Waals surface area (Å²) in [6, 6.07) is 5.12. The molecular formula is C19H27FN2. The zero-order valence-electron chi connectivity index (χ0n) is 14.1. The van der Waals surface area contributed by atoms with E-state index < -0.39 is 0 Å². The lowest BCUT2D eigenvalue weighted by molar-refractivity contribution is 0.377. The zero-order chi connectivity index (χ0) is 16.8. The van der Waals surface area contributed by atoms with Gasteiger partial charge in [0.2, 0.25) is 0 Å². The van der Waals surface area contributed by atoms with Gasteiger partial charge in [-0.3, -0.25) is 0 Å². The van der Waals surface area contributed by atoms with Crippen molar-refractivity contribution in [1.82, 2.24) is 10.2 Å². The average molecular weight is 302 g/mol. The minimum Gasteiger partial charge on any atom is -0.329 e. The van der Waals surface area contributed by atoms with Gasteiger partial charge in [0.05, 0.1) is 0 Å². The van der Waals surface area contributed by atoms with Gasteiger partial charge in [-0.1, -0.05) is 40.0 Å². The van der Waals surface area contributed by atoms with Crippen LogP contribution in [0.1, 0.15) is 38.3 Å². The highest BCUT2D eigenvalue weighted by Gasteiger charge is 2.14. The van der Waals surface area contributed by atoms with Gasteiger partial charge in [-0.05, 0) is 42.7 Å². The molecule has 0 unspecified atom stereocenters. The highest BCUT2D eigenvalue weighted by Crippen LogP contribution is 2.25. The van der Waals surface area contributed by atoms with Crippen molar-refractivity contribution in [3.8, 4) is 0 Å². The first-order chi connectivity index (χ1) is 10.3. The van der Waals surface area contributed by atoms with Crippen LogP contribution in [0.15, 0.2) is 49.5 Å². The molecule has 22 heavy (non-hydrogen) atoms. The second-order valence-electron chi connectivity index (χ2n) is 6.60. The number of nitrogens with one attached hydrogen (secondary N) is 1. The van der Waals surface area contributed by atoms with Crippen LogP contribution in [0.3, 0.4) is 0 Å². The highest BCUT2D eigenvalue weighted by atomic mass is 19.1. The van der Waals surface area contributed by atoms with E-state index in [0.29, 0.717) is 12.1 Å². The molecule has 0 aromatic heterocycles. The number of nitrogens with zero attached hydrogens (tertiary/aromatic N) is 1. The fourth-order valence-corrected chi connectivity index (χ4v) is 2.19. The molecule has 0 heterocycles. The molecule has 0 saturated carbocycles. The molecule has 1 N–H and O–H groups in total. The molecule has 3 heteroatoms. The van der Waals surface area contributed by atoms with E-state index in [4.69, 9.17) is 0 Å². The normalized spacial score (nSPS) is 11.7. The molecule has 0 aliphatic heterocycles. The monoisotopic (exact) mass is 302 g/mol. The topological polar surface area (TPSA) is 15.3 Å². The molecule has 0 bridgehead atoms. The van der Waals surface area contributed by atoms with Gasteiger partial charge in [0.25, 0.3) is 0 Å². The first-order valence-corrected chi connectivity index (χ1v) is 7.47. The maximum Gasteiger partial charge on any atom is 0.130 e. The third-order valence-electron chi connectivity index (χ3n) is 3.15. The highest BCUT2D eigenvalue weighted by molar-refractivity contribution is 5.51. The molecule has 2 nitrogen and oxygen atoms in total. The lowest BCUT2D eigenvalue weighted by Crippen LogP contribution is -2.15. The summed E-state index contributed by atoms with van der Waals surface area (Å²) in [4.78, 5) is 1.84. The minimum absolute atomic E-state index is 0.143. The maximum atomic E-state index is 13.9. The molecule has 1 aromatic rings. The van der Waals surface area contributed by atoms with Gasteiger partial charge in [0.1, 0.15) is 5.82 Å². The van der Waals surface area contributed by atoms with Crippen molar-refractivity contribution >= 4 is 6.08 Å². The van der Waals surface area contributed by atoms with Crippen molar-refractivity contribution < 1.29 is 4.39 Å². The molecule has 0 spiro atoms. The quantitative estimate of drug-likeness (QED) is 0.769. The molecule has 0 fully saturated rings. The number of hydrogen-bond acceptors (Lipinski definition) is 2. The van der Waals surface area contributed by atoms with Crippen LogP contribution in [0.5, 0.6) is 0 Å². The summed E-state index contributed by atoms with van der Waals surface area (Å²) in [6.45, 7) is 15.1. The standard InChI is InChI=1S/C19H27FN2/c1-7-22(15(2)13-19(3,4)5)11-10-17-12-16(14-21-6)8-9-18(17)20/h7-12,21H,1-2,13-14H2,3-6H3/b11-10+. The average Bonchev–Trinajstić information content (AvgIpc) is 2.41. The van der Waals surface area contributed by atoms with Crippen LogP contribution in [0.4, 0.5) is 4.39 Å². The lowest BCUT2D eigenvalue weighted by Gasteiger charge is -2.25. The van der Waals surface area contributed by atoms with Crippen LogP contribution in [0.2, 0.25) is 0 Å². The summed E-state index contributed by atoms with van der Waals surface area (Å²) in [5.74, 6) is -0.235. The summed E-state index contributed by atoms with van der Waals surface area (Å²) in [5, 5.41) is 3.06. The van der Waals surface area contributed by atoms with Crippen molar-refractivity contribution in [1.29, 1.82) is 0 Å². The molecule has 0 aliphatic carbocycles. The van der Waals surface area contributed by atoms with E-state index >= 15 is 0 Å². The molecule has 0 aliphatic rings. The molecule has 1 rings (SSSR count). The van der Waals surface area contributed by atoms with Gasteiger partial charge in [-0.15, -0.1) is 0 Å². The Bertz CT molecular complexity index is 553. The van der Waals surface area contributed by atoms with E-state index in [2.05, 4.69) is 39.2 Å². The fourth-order valence-electron chi connectivity index (χ4n) is 2.19. The molecular weight excluding hydrogens is 275 g/mol. The SMILES string of the molecule is C=CN(/C=C/c1cc(CNC)ccc1F)C(=C)CC(C)(C)C. The second-order valence-corrected chi connectivity index (χ2v) is 6.60. The number of halogens is 1. The van der Waals surface area contributed by atoms with Crippen molar-refractivity contribution in [3.63, 3.8) is 0 Å². The Kier molecular flexibility index (Phi) is 6.57. The Morgan fingerprint density at radius 1 is 1.36 bits per heavy atom. The van der Waals surface area contributed by atoms with Crippen molar-refractivity contribution in [2.24, 2.45) is 5.41 Å². The Morgan fingerprint density at radius 2 is 2.05 bits per heavy atom. The van der Waals surface area contributed by atoms with E-state index in [1.54, 1.807) is 18.3 Å². The van der Waals surface area contributed by atoms with E-state index in [1.807, 2.05) is 24.2 Å². The molecule has 1 aromatic carbocycles. The van der Waals surface area contributed by atoms with Gasteiger partial charge < -0.3 is 10.2 Å². The van der Waals surface area contributed by atoms with Gasteiger partial charge in [0.15, 0.2) is 0 Å². The Hall–Kier alpha value is -1.87. The fraction of sp³-hybridized carbons (Fsp3) is 0.368. The predicted molar refractivity (Wildman–Crippen MR) is 93.4 cm³/mol. The number of hydrogen-bond donors (Lipinski definition) is 1. The van der Waals surface area contributed by atoms with Crippen molar-refractivity contribution in [3.05, 3.63) is 66.4 Å². The third kappa shape index (κ3) is 5.86. The largest absolute Gasteiger partial charge is 0.329 e. The van der Waals surface area contributed by atoms with E-state index in [0.717, 1.165) is 17.7 Å². The van der Waals surface area contributed by atoms with E-state index in [-0.39, 0.29) is 11.2 Å². The molecule has 0 saturated heterocycles. The summed E-state index contributed by atoms with van der Waals surface area (Å²) in [7, 11) is 1.87. The summed E-state index contributed by atoms with van der Waals surface area (Å²) < 4.78 is 13.9. The Balaban J connectivity index is 2.91. The first kappa shape index (κ1) is 18.2. The first-order valence-electron chi connectivity index (χ1n) is 7.47. The van der Waals surface area contributed by atoms with Gasteiger partial charge in [0, 0.05) is 30.2 Å². The zero-order valence-corrected chi connectivity index (χ0v) is 14.1. The number of benzene rings is 1. The van der Waals surface area contributed by atoms with E-state index in [9.17, 15) is 4.39 Å². The number of rotatable bonds is 7. The van der Waals surface area contributed by atoms with Crippen molar-refractivity contribution in [2.75, 3.05) is 7.05 Å². The smallest absolute Gasteiger partial charge is 0.130 e. The third-order valence-corrected chi connectivity index (χ3v) is 3.15. The molecule has 0 radical (unpaired) electrons. The minimum atomic E-state index is -0.235. The Labute approximate surface area is 134 Å². The second kappa shape index (κ2) is 7.95. The van der Waals surface area contributed by atoms with Crippen molar-refractivity contribution in [2.45, 2.75) is 33.7 Å². The van der Waals surface area contributed by atoms with E-state index in [1.165, 1.54) is 6.07 Å². The van der Waals surface area contributed by atoms with Crippen LogP contribution < -0.4 is 5.32 Å².